The van der Waals surface area contributed by atoms with Crippen LogP contribution in [-0.2, 0) is 4.74 Å². The fourth-order valence-corrected chi connectivity index (χ4v) is 0.779. The van der Waals surface area contributed by atoms with Crippen LogP contribution in [0, 0.1) is 11.3 Å². The van der Waals surface area contributed by atoms with Gasteiger partial charge < -0.3 is 19.8 Å². The lowest BCUT2D eigenvalue weighted by Crippen LogP contribution is -2.38. The average molecular weight is 202 g/mol. The predicted octanol–water partition coefficient (Wildman–Crippen LogP) is 0.233. The third-order valence-corrected chi connectivity index (χ3v) is 1.34. The number of carbonyl (C=O) groups is 1. The summed E-state index contributed by atoms with van der Waals surface area (Å²) in [7, 11) is 1.32. The molecule has 1 unspecified atom stereocenters. The molecule has 0 fully saturated rings. The number of nitriles is 1. The van der Waals surface area contributed by atoms with Crippen LogP contribution in [0.25, 0.3) is 0 Å². The van der Waals surface area contributed by atoms with Crippen molar-refractivity contribution in [3.05, 3.63) is 0 Å². The SMILES string of the molecule is CN(CC(C#N)OC(C)(C)O)C(=O)O. The van der Waals surface area contributed by atoms with Crippen molar-refractivity contribution >= 4 is 6.09 Å². The van der Waals surface area contributed by atoms with Gasteiger partial charge in [-0.2, -0.15) is 5.26 Å². The largest absolute Gasteiger partial charge is 0.465 e. The molecule has 0 radical (unpaired) electrons. The van der Waals surface area contributed by atoms with Gasteiger partial charge in [-0.1, -0.05) is 0 Å². The van der Waals surface area contributed by atoms with Crippen molar-refractivity contribution < 1.29 is 19.7 Å². The first-order valence-corrected chi connectivity index (χ1v) is 4.00. The molecule has 0 aromatic heterocycles. The summed E-state index contributed by atoms with van der Waals surface area (Å²) in [5, 5.41) is 26.4. The molecular formula is C8H14N2O4. The fourth-order valence-electron chi connectivity index (χ4n) is 0.779. The molecule has 0 heterocycles. The van der Waals surface area contributed by atoms with Crippen LogP contribution in [0.3, 0.4) is 0 Å². The van der Waals surface area contributed by atoms with Gasteiger partial charge in [0, 0.05) is 7.05 Å². The third-order valence-electron chi connectivity index (χ3n) is 1.34. The van der Waals surface area contributed by atoms with Gasteiger partial charge in [0.25, 0.3) is 0 Å². The van der Waals surface area contributed by atoms with Crippen LogP contribution in [0.4, 0.5) is 4.79 Å². The van der Waals surface area contributed by atoms with E-state index in [1.807, 2.05) is 0 Å². The maximum absolute atomic E-state index is 10.4. The topological polar surface area (TPSA) is 93.8 Å². The number of likely N-dealkylation sites (N-methyl/N-ethyl adjacent to an activating group) is 1. The number of aliphatic hydroxyl groups is 1. The number of ether oxygens (including phenoxy) is 1. The lowest BCUT2D eigenvalue weighted by Gasteiger charge is -2.24. The second-order valence-electron chi connectivity index (χ2n) is 3.35. The minimum atomic E-state index is -1.44. The molecular weight excluding hydrogens is 188 g/mol. The molecule has 1 atom stereocenters. The quantitative estimate of drug-likeness (QED) is 0.636. The van der Waals surface area contributed by atoms with Gasteiger partial charge in [0.1, 0.15) is 0 Å². The van der Waals surface area contributed by atoms with Crippen molar-refractivity contribution in [3.8, 4) is 6.07 Å². The molecule has 0 aromatic rings. The van der Waals surface area contributed by atoms with Crippen LogP contribution in [0.2, 0.25) is 0 Å². The van der Waals surface area contributed by atoms with Crippen molar-refractivity contribution in [3.63, 3.8) is 0 Å². The van der Waals surface area contributed by atoms with Crippen LogP contribution in [0.1, 0.15) is 13.8 Å². The fraction of sp³-hybridized carbons (Fsp3) is 0.750. The molecule has 2 N–H and O–H groups in total. The molecule has 0 aromatic carbocycles. The zero-order valence-corrected chi connectivity index (χ0v) is 8.39. The van der Waals surface area contributed by atoms with Crippen LogP contribution < -0.4 is 0 Å². The highest BCUT2D eigenvalue weighted by Crippen LogP contribution is 2.08. The van der Waals surface area contributed by atoms with Gasteiger partial charge in [0.15, 0.2) is 11.9 Å². The summed E-state index contributed by atoms with van der Waals surface area (Å²) in [5.74, 6) is -1.44. The van der Waals surface area contributed by atoms with E-state index in [0.717, 1.165) is 4.90 Å². The number of rotatable bonds is 4. The van der Waals surface area contributed by atoms with Gasteiger partial charge in [-0.25, -0.2) is 4.79 Å². The Morgan fingerprint density at radius 2 is 2.21 bits per heavy atom. The van der Waals surface area contributed by atoms with Crippen molar-refractivity contribution in [2.75, 3.05) is 13.6 Å². The highest BCUT2D eigenvalue weighted by atomic mass is 16.6. The predicted molar refractivity (Wildman–Crippen MR) is 47.4 cm³/mol. The van der Waals surface area contributed by atoms with E-state index in [1.165, 1.54) is 20.9 Å². The van der Waals surface area contributed by atoms with Gasteiger partial charge in [0.2, 0.25) is 0 Å². The molecule has 0 aliphatic carbocycles. The maximum Gasteiger partial charge on any atom is 0.407 e. The second-order valence-corrected chi connectivity index (χ2v) is 3.35. The molecule has 0 aliphatic rings. The Balaban J connectivity index is 4.19. The molecule has 0 saturated carbocycles. The van der Waals surface area contributed by atoms with Crippen LogP contribution in [0.15, 0.2) is 0 Å². The molecule has 80 valence electrons. The Morgan fingerprint density at radius 3 is 2.50 bits per heavy atom. The van der Waals surface area contributed by atoms with Gasteiger partial charge in [-0.3, -0.25) is 0 Å². The molecule has 0 aliphatic heterocycles. The van der Waals surface area contributed by atoms with E-state index in [0.29, 0.717) is 0 Å². The smallest absolute Gasteiger partial charge is 0.407 e. The maximum atomic E-state index is 10.4. The summed E-state index contributed by atoms with van der Waals surface area (Å²) in [6, 6.07) is 1.76. The van der Waals surface area contributed by atoms with Crippen molar-refractivity contribution in [1.29, 1.82) is 5.26 Å². The zero-order valence-electron chi connectivity index (χ0n) is 8.39. The number of nitrogens with zero attached hydrogens (tertiary/aromatic N) is 2. The number of hydrogen-bond acceptors (Lipinski definition) is 4. The second kappa shape index (κ2) is 4.79. The summed E-state index contributed by atoms with van der Waals surface area (Å²) in [6.45, 7) is 2.64. The van der Waals surface area contributed by atoms with E-state index in [1.54, 1.807) is 6.07 Å². The highest BCUT2D eigenvalue weighted by molar-refractivity contribution is 5.64. The summed E-state index contributed by atoms with van der Waals surface area (Å²) >= 11 is 0. The van der Waals surface area contributed by atoms with E-state index in [2.05, 4.69) is 0 Å². The highest BCUT2D eigenvalue weighted by Gasteiger charge is 2.22. The molecule has 6 nitrogen and oxygen atoms in total. The van der Waals surface area contributed by atoms with Crippen LogP contribution in [-0.4, -0.2) is 46.7 Å². The van der Waals surface area contributed by atoms with E-state index < -0.39 is 18.0 Å². The number of carboxylic acid groups (broad SMARTS) is 1. The van der Waals surface area contributed by atoms with E-state index in [4.69, 9.17) is 15.1 Å². The van der Waals surface area contributed by atoms with Gasteiger partial charge >= 0.3 is 6.09 Å². The summed E-state index contributed by atoms with van der Waals surface area (Å²) < 4.78 is 4.90. The van der Waals surface area contributed by atoms with Crippen molar-refractivity contribution in [2.24, 2.45) is 0 Å². The summed E-state index contributed by atoms with van der Waals surface area (Å²) in [6.07, 6.45) is -2.12. The van der Waals surface area contributed by atoms with Crippen molar-refractivity contribution in [1.82, 2.24) is 4.90 Å². The third kappa shape index (κ3) is 5.35. The van der Waals surface area contributed by atoms with Crippen molar-refractivity contribution in [2.45, 2.75) is 25.7 Å². The van der Waals surface area contributed by atoms with E-state index in [-0.39, 0.29) is 6.54 Å². The number of amides is 1. The Morgan fingerprint density at radius 1 is 1.71 bits per heavy atom. The molecule has 6 heteroatoms. The Hall–Kier alpha value is -1.32. The average Bonchev–Trinajstić information content (AvgIpc) is 2.00. The molecule has 0 bridgehead atoms. The molecule has 14 heavy (non-hydrogen) atoms. The van der Waals surface area contributed by atoms with Crippen LogP contribution >= 0.6 is 0 Å². The van der Waals surface area contributed by atoms with E-state index in [9.17, 15) is 9.90 Å². The Bertz CT molecular complexity index is 241. The monoisotopic (exact) mass is 202 g/mol. The van der Waals surface area contributed by atoms with Gasteiger partial charge in [0.05, 0.1) is 12.6 Å². The number of hydrogen-bond donors (Lipinski definition) is 2. The molecule has 0 rings (SSSR count). The lowest BCUT2D eigenvalue weighted by molar-refractivity contribution is -0.194. The summed E-state index contributed by atoms with van der Waals surface area (Å²) in [4.78, 5) is 11.3. The Labute approximate surface area is 82.3 Å². The zero-order chi connectivity index (χ0) is 11.4. The molecule has 0 spiro atoms. The Kier molecular flexibility index (Phi) is 4.34. The molecule has 1 amide bonds. The molecule has 0 saturated heterocycles. The first kappa shape index (κ1) is 12.7. The minimum Gasteiger partial charge on any atom is -0.465 e. The normalized spacial score (nSPS) is 13.1. The first-order valence-electron chi connectivity index (χ1n) is 4.00. The van der Waals surface area contributed by atoms with Crippen LogP contribution in [0.5, 0.6) is 0 Å². The lowest BCUT2D eigenvalue weighted by atomic mass is 10.3. The standard InChI is InChI=1S/C8H14N2O4/c1-8(2,13)14-6(4-9)5-10(3)7(11)12/h6,13H,5H2,1-3H3,(H,11,12). The van der Waals surface area contributed by atoms with Gasteiger partial charge in [-0.05, 0) is 13.8 Å². The van der Waals surface area contributed by atoms with E-state index >= 15 is 0 Å². The van der Waals surface area contributed by atoms with Gasteiger partial charge in [-0.15, -0.1) is 0 Å². The minimum absolute atomic E-state index is 0.101. The summed E-state index contributed by atoms with van der Waals surface area (Å²) in [5.41, 5.74) is 0. The first-order chi connectivity index (χ1) is 6.26.